The van der Waals surface area contributed by atoms with Crippen molar-refractivity contribution >= 4 is 12.0 Å². The molecular formula is C23H21N5O. The van der Waals surface area contributed by atoms with Gasteiger partial charge in [0.2, 0.25) is 0 Å². The zero-order chi connectivity index (χ0) is 19.8. The first kappa shape index (κ1) is 17.7. The van der Waals surface area contributed by atoms with Crippen molar-refractivity contribution in [1.29, 1.82) is 5.26 Å². The molecule has 0 radical (unpaired) electrons. The van der Waals surface area contributed by atoms with Gasteiger partial charge in [-0.2, -0.15) is 5.26 Å². The summed E-state index contributed by atoms with van der Waals surface area (Å²) in [5.41, 5.74) is 4.37. The van der Waals surface area contributed by atoms with Crippen molar-refractivity contribution in [3.63, 3.8) is 0 Å². The molecular weight excluding hydrogens is 362 g/mol. The number of aromatic nitrogens is 2. The molecule has 2 aromatic heterocycles. The van der Waals surface area contributed by atoms with E-state index in [1.807, 2.05) is 41.0 Å². The summed E-state index contributed by atoms with van der Waals surface area (Å²) in [5, 5.41) is 12.9. The first-order chi connectivity index (χ1) is 14.2. The molecule has 0 amide bonds. The van der Waals surface area contributed by atoms with E-state index in [0.29, 0.717) is 11.3 Å². The van der Waals surface area contributed by atoms with Gasteiger partial charge in [-0.15, -0.1) is 0 Å². The maximum atomic E-state index is 11.6. The van der Waals surface area contributed by atoms with Crippen LogP contribution in [0.25, 0.3) is 5.82 Å². The fourth-order valence-electron chi connectivity index (χ4n) is 4.62. The van der Waals surface area contributed by atoms with Gasteiger partial charge >= 0.3 is 0 Å². The Morgan fingerprint density at radius 2 is 2.03 bits per heavy atom. The normalized spacial score (nSPS) is 17.1. The Labute approximate surface area is 169 Å². The van der Waals surface area contributed by atoms with Crippen LogP contribution in [0.15, 0.2) is 54.7 Å². The molecule has 29 heavy (non-hydrogen) atoms. The first-order valence-corrected chi connectivity index (χ1v) is 9.85. The lowest BCUT2D eigenvalue weighted by Gasteiger charge is -2.46. The fourth-order valence-corrected chi connectivity index (χ4v) is 4.62. The van der Waals surface area contributed by atoms with E-state index in [1.54, 1.807) is 6.20 Å². The van der Waals surface area contributed by atoms with Crippen LogP contribution >= 0.6 is 0 Å². The Bertz CT molecular complexity index is 1120. The van der Waals surface area contributed by atoms with Gasteiger partial charge in [0.1, 0.15) is 0 Å². The van der Waals surface area contributed by atoms with Crippen LogP contribution in [0.2, 0.25) is 0 Å². The van der Waals surface area contributed by atoms with Gasteiger partial charge in [-0.3, -0.25) is 14.3 Å². The van der Waals surface area contributed by atoms with Crippen LogP contribution < -0.4 is 5.32 Å². The molecule has 5 rings (SSSR count). The second kappa shape index (κ2) is 6.87. The average molecular weight is 383 g/mol. The highest BCUT2D eigenvalue weighted by molar-refractivity contribution is 5.77. The Kier molecular flexibility index (Phi) is 4.18. The molecule has 4 heterocycles. The molecule has 2 aliphatic heterocycles. The van der Waals surface area contributed by atoms with E-state index in [4.69, 9.17) is 5.26 Å². The molecule has 6 heteroatoms. The number of anilines is 1. The highest BCUT2D eigenvalue weighted by atomic mass is 16.1. The number of carbonyl (C=O) groups is 1. The highest BCUT2D eigenvalue weighted by Gasteiger charge is 2.42. The van der Waals surface area contributed by atoms with Gasteiger partial charge in [-0.05, 0) is 54.8 Å². The maximum Gasteiger partial charge on any atom is 0.166 e. The maximum absolute atomic E-state index is 11.6. The minimum Gasteiger partial charge on any atom is -0.371 e. The lowest BCUT2D eigenvalue weighted by molar-refractivity contribution is 0.111. The topological polar surface area (TPSA) is 74.0 Å². The van der Waals surface area contributed by atoms with Crippen LogP contribution in [-0.4, -0.2) is 33.8 Å². The third-order valence-corrected chi connectivity index (χ3v) is 6.07. The zero-order valence-corrected chi connectivity index (χ0v) is 16.0. The Morgan fingerprint density at radius 3 is 2.83 bits per heavy atom. The molecule has 3 aromatic rings. The number of nitrogens with one attached hydrogen (secondary N) is 1. The molecule has 1 spiro atoms. The molecule has 0 aliphatic carbocycles. The number of pyridine rings is 1. The van der Waals surface area contributed by atoms with Crippen LogP contribution in [0.3, 0.4) is 0 Å². The van der Waals surface area contributed by atoms with Crippen molar-refractivity contribution in [2.45, 2.75) is 24.9 Å². The predicted molar refractivity (Wildman–Crippen MR) is 110 cm³/mol. The SMILES string of the molecule is N#Cc1cccc(CN2CCC3(CC2)Nc2cccnc2-n2c(C=O)ccc23)c1. The van der Waals surface area contributed by atoms with Crippen molar-refractivity contribution in [2.75, 3.05) is 18.4 Å². The minimum absolute atomic E-state index is 0.206. The van der Waals surface area contributed by atoms with E-state index >= 15 is 0 Å². The van der Waals surface area contributed by atoms with Crippen LogP contribution in [0.4, 0.5) is 5.69 Å². The number of likely N-dealkylation sites (tertiary alicyclic amines) is 1. The van der Waals surface area contributed by atoms with Gasteiger partial charge in [0.05, 0.1) is 34.2 Å². The molecule has 2 aliphatic rings. The van der Waals surface area contributed by atoms with Crippen molar-refractivity contribution in [1.82, 2.24) is 14.5 Å². The monoisotopic (exact) mass is 383 g/mol. The molecule has 1 aromatic carbocycles. The van der Waals surface area contributed by atoms with Crippen molar-refractivity contribution in [3.05, 3.63) is 77.2 Å². The molecule has 1 N–H and O–H groups in total. The second-order valence-corrected chi connectivity index (χ2v) is 7.77. The van der Waals surface area contributed by atoms with Crippen LogP contribution in [0, 0.1) is 11.3 Å². The van der Waals surface area contributed by atoms with E-state index < -0.39 is 0 Å². The average Bonchev–Trinajstić information content (AvgIpc) is 3.21. The zero-order valence-electron chi connectivity index (χ0n) is 16.0. The van der Waals surface area contributed by atoms with Crippen LogP contribution in [-0.2, 0) is 12.1 Å². The van der Waals surface area contributed by atoms with Gasteiger partial charge < -0.3 is 5.32 Å². The Balaban J connectivity index is 1.41. The van der Waals surface area contributed by atoms with E-state index in [9.17, 15) is 4.79 Å². The third kappa shape index (κ3) is 2.91. The van der Waals surface area contributed by atoms with Crippen LogP contribution in [0.5, 0.6) is 0 Å². The number of carbonyl (C=O) groups excluding carboxylic acids is 1. The van der Waals surface area contributed by atoms with E-state index in [-0.39, 0.29) is 5.54 Å². The van der Waals surface area contributed by atoms with Gasteiger partial charge in [-0.25, -0.2) is 4.98 Å². The molecule has 1 saturated heterocycles. The number of rotatable bonds is 3. The van der Waals surface area contributed by atoms with Gasteiger partial charge in [0, 0.05) is 25.8 Å². The highest BCUT2D eigenvalue weighted by Crippen LogP contribution is 2.43. The minimum atomic E-state index is -0.206. The molecule has 0 unspecified atom stereocenters. The van der Waals surface area contributed by atoms with Crippen molar-refractivity contribution in [3.8, 4) is 11.9 Å². The Hall–Kier alpha value is -3.43. The number of nitriles is 1. The third-order valence-electron chi connectivity index (χ3n) is 6.07. The quantitative estimate of drug-likeness (QED) is 0.701. The molecule has 0 atom stereocenters. The molecule has 0 saturated carbocycles. The number of hydrogen-bond donors (Lipinski definition) is 1. The van der Waals surface area contributed by atoms with Gasteiger partial charge in [-0.1, -0.05) is 12.1 Å². The van der Waals surface area contributed by atoms with Gasteiger partial charge in [0.15, 0.2) is 12.1 Å². The number of hydrogen-bond acceptors (Lipinski definition) is 5. The molecule has 0 bridgehead atoms. The van der Waals surface area contributed by atoms with E-state index in [0.717, 1.165) is 61.5 Å². The fraction of sp³-hybridized carbons (Fsp3) is 0.261. The summed E-state index contributed by atoms with van der Waals surface area (Å²) in [5.74, 6) is 0.788. The van der Waals surface area contributed by atoms with Crippen molar-refractivity contribution < 1.29 is 4.79 Å². The van der Waals surface area contributed by atoms with E-state index in [1.165, 1.54) is 0 Å². The summed E-state index contributed by atoms with van der Waals surface area (Å²) < 4.78 is 2.00. The summed E-state index contributed by atoms with van der Waals surface area (Å²) in [6.45, 7) is 2.70. The summed E-state index contributed by atoms with van der Waals surface area (Å²) in [4.78, 5) is 18.6. The summed E-state index contributed by atoms with van der Waals surface area (Å²) in [7, 11) is 0. The number of aldehydes is 1. The first-order valence-electron chi connectivity index (χ1n) is 9.85. The molecule has 1 fully saturated rings. The largest absolute Gasteiger partial charge is 0.371 e. The standard InChI is InChI=1S/C23H21N5O/c24-14-17-3-1-4-18(13-17)15-27-11-8-23(9-12-27)21-7-6-19(16-29)28(21)22-20(26-23)5-2-10-25-22/h1-7,10,13,16,26H,8-9,11-12,15H2. The van der Waals surface area contributed by atoms with Crippen molar-refractivity contribution in [2.24, 2.45) is 0 Å². The lowest BCUT2D eigenvalue weighted by Crippen LogP contribution is -2.49. The number of piperidine rings is 1. The summed E-state index contributed by atoms with van der Waals surface area (Å²) in [6, 6.07) is 17.9. The smallest absolute Gasteiger partial charge is 0.166 e. The Morgan fingerprint density at radius 1 is 1.17 bits per heavy atom. The number of benzene rings is 1. The predicted octanol–water partition coefficient (Wildman–Crippen LogP) is 3.47. The summed E-state index contributed by atoms with van der Waals surface area (Å²) in [6.07, 6.45) is 4.52. The lowest BCUT2D eigenvalue weighted by atomic mass is 9.82. The number of nitrogens with zero attached hydrogens (tertiary/aromatic N) is 4. The number of fused-ring (bicyclic) bond motifs is 4. The second-order valence-electron chi connectivity index (χ2n) is 7.77. The molecule has 6 nitrogen and oxygen atoms in total. The van der Waals surface area contributed by atoms with Crippen LogP contribution in [0.1, 0.15) is 40.2 Å². The molecule has 144 valence electrons. The van der Waals surface area contributed by atoms with E-state index in [2.05, 4.69) is 33.4 Å². The summed E-state index contributed by atoms with van der Waals surface area (Å²) >= 11 is 0. The van der Waals surface area contributed by atoms with Gasteiger partial charge in [0.25, 0.3) is 0 Å².